The standard InChI is InChI=1S/C13H28O2S2/c1-11(8-15-10-13(3)17)6-4-5-7-14-9-12(2)16/h11-13,16-17H,4-10H2,1-3H3. The fourth-order valence-electron chi connectivity index (χ4n) is 1.47. The number of hydrogen-bond acceptors (Lipinski definition) is 4. The Morgan fingerprint density at radius 3 is 2.00 bits per heavy atom. The molecular weight excluding hydrogens is 252 g/mol. The Balaban J connectivity index is 3.19. The number of thiol groups is 2. The van der Waals surface area contributed by atoms with Crippen LogP contribution in [0.1, 0.15) is 40.0 Å². The minimum absolute atomic E-state index is 0.332. The Morgan fingerprint density at radius 1 is 0.824 bits per heavy atom. The molecule has 0 radical (unpaired) electrons. The summed E-state index contributed by atoms with van der Waals surface area (Å²) in [4.78, 5) is 0. The Labute approximate surface area is 118 Å². The Morgan fingerprint density at radius 2 is 1.41 bits per heavy atom. The van der Waals surface area contributed by atoms with E-state index in [1.165, 1.54) is 12.8 Å². The predicted octanol–water partition coefficient (Wildman–Crippen LogP) is 3.46. The van der Waals surface area contributed by atoms with Gasteiger partial charge in [0.15, 0.2) is 0 Å². The Kier molecular flexibility index (Phi) is 12.1. The van der Waals surface area contributed by atoms with Crippen molar-refractivity contribution in [3.63, 3.8) is 0 Å². The van der Waals surface area contributed by atoms with Gasteiger partial charge in [-0.2, -0.15) is 25.3 Å². The molecule has 0 saturated carbocycles. The Hall–Kier alpha value is 0.620. The van der Waals surface area contributed by atoms with E-state index in [1.54, 1.807) is 0 Å². The molecule has 0 rings (SSSR count). The first-order valence-electron chi connectivity index (χ1n) is 6.54. The highest BCUT2D eigenvalue weighted by Gasteiger charge is 2.03. The average molecular weight is 280 g/mol. The van der Waals surface area contributed by atoms with Crippen LogP contribution in [0.25, 0.3) is 0 Å². The first-order valence-corrected chi connectivity index (χ1v) is 7.57. The van der Waals surface area contributed by atoms with E-state index < -0.39 is 0 Å². The smallest absolute Gasteiger partial charge is 0.0579 e. The lowest BCUT2D eigenvalue weighted by Crippen LogP contribution is -2.11. The zero-order chi connectivity index (χ0) is 13.1. The van der Waals surface area contributed by atoms with E-state index in [9.17, 15) is 0 Å². The third-order valence-corrected chi connectivity index (χ3v) is 2.65. The molecule has 2 nitrogen and oxygen atoms in total. The number of ether oxygens (including phenoxy) is 2. The summed E-state index contributed by atoms with van der Waals surface area (Å²) in [6.07, 6.45) is 3.55. The molecule has 0 aliphatic carbocycles. The van der Waals surface area contributed by atoms with Crippen LogP contribution in [0.2, 0.25) is 0 Å². The van der Waals surface area contributed by atoms with Crippen molar-refractivity contribution in [3.8, 4) is 0 Å². The number of rotatable bonds is 11. The number of hydrogen-bond donors (Lipinski definition) is 2. The van der Waals surface area contributed by atoms with Crippen molar-refractivity contribution in [3.05, 3.63) is 0 Å². The van der Waals surface area contributed by atoms with Gasteiger partial charge in [0.1, 0.15) is 0 Å². The molecule has 0 aromatic rings. The van der Waals surface area contributed by atoms with Crippen LogP contribution in [0.5, 0.6) is 0 Å². The molecule has 0 spiro atoms. The lowest BCUT2D eigenvalue weighted by Gasteiger charge is -2.13. The SMILES string of the molecule is CC(S)COCCCCC(C)COCC(C)S. The van der Waals surface area contributed by atoms with Gasteiger partial charge < -0.3 is 9.47 Å². The molecular formula is C13H28O2S2. The molecule has 3 atom stereocenters. The molecule has 0 N–H and O–H groups in total. The average Bonchev–Trinajstić information content (AvgIpc) is 2.22. The van der Waals surface area contributed by atoms with Gasteiger partial charge >= 0.3 is 0 Å². The van der Waals surface area contributed by atoms with Gasteiger partial charge in [0.05, 0.1) is 13.2 Å². The lowest BCUT2D eigenvalue weighted by molar-refractivity contribution is 0.100. The maximum absolute atomic E-state index is 5.55. The summed E-state index contributed by atoms with van der Waals surface area (Å²) in [6.45, 7) is 9.53. The van der Waals surface area contributed by atoms with Crippen LogP contribution in [-0.4, -0.2) is 36.9 Å². The van der Waals surface area contributed by atoms with Gasteiger partial charge in [-0.25, -0.2) is 0 Å². The number of unbranched alkanes of at least 4 members (excludes halogenated alkanes) is 1. The van der Waals surface area contributed by atoms with Crippen molar-refractivity contribution >= 4 is 25.3 Å². The molecule has 0 saturated heterocycles. The van der Waals surface area contributed by atoms with E-state index in [0.717, 1.165) is 32.8 Å². The minimum atomic E-state index is 0.332. The van der Waals surface area contributed by atoms with Gasteiger partial charge in [-0.3, -0.25) is 0 Å². The van der Waals surface area contributed by atoms with Crippen LogP contribution in [0.15, 0.2) is 0 Å². The molecule has 3 unspecified atom stereocenters. The summed E-state index contributed by atoms with van der Waals surface area (Å²) in [5.41, 5.74) is 0. The molecule has 0 heterocycles. The molecule has 0 aromatic carbocycles. The van der Waals surface area contributed by atoms with Crippen molar-refractivity contribution in [2.24, 2.45) is 5.92 Å². The summed E-state index contributed by atoms with van der Waals surface area (Å²) in [5.74, 6) is 0.630. The molecule has 4 heteroatoms. The second kappa shape index (κ2) is 11.7. The van der Waals surface area contributed by atoms with Crippen molar-refractivity contribution in [1.82, 2.24) is 0 Å². The monoisotopic (exact) mass is 280 g/mol. The molecule has 0 aliphatic heterocycles. The second-order valence-electron chi connectivity index (χ2n) is 4.91. The molecule has 17 heavy (non-hydrogen) atoms. The van der Waals surface area contributed by atoms with Crippen molar-refractivity contribution in [1.29, 1.82) is 0 Å². The Bertz CT molecular complexity index is 163. The molecule has 0 fully saturated rings. The summed E-state index contributed by atoms with van der Waals surface area (Å²) in [5, 5.41) is 0.671. The third kappa shape index (κ3) is 14.6. The first kappa shape index (κ1) is 17.6. The topological polar surface area (TPSA) is 18.5 Å². The van der Waals surface area contributed by atoms with Crippen LogP contribution in [0.4, 0.5) is 0 Å². The van der Waals surface area contributed by atoms with E-state index in [1.807, 2.05) is 13.8 Å². The van der Waals surface area contributed by atoms with Crippen molar-refractivity contribution in [2.45, 2.75) is 50.5 Å². The van der Waals surface area contributed by atoms with Gasteiger partial charge in [-0.1, -0.05) is 27.2 Å². The van der Waals surface area contributed by atoms with Crippen LogP contribution >= 0.6 is 25.3 Å². The largest absolute Gasteiger partial charge is 0.380 e. The fraction of sp³-hybridized carbons (Fsp3) is 1.00. The van der Waals surface area contributed by atoms with E-state index >= 15 is 0 Å². The summed E-state index contributed by atoms with van der Waals surface area (Å²) >= 11 is 8.54. The quantitative estimate of drug-likeness (QED) is 0.446. The lowest BCUT2D eigenvalue weighted by atomic mass is 10.1. The van der Waals surface area contributed by atoms with Crippen molar-refractivity contribution < 1.29 is 9.47 Å². The highest BCUT2D eigenvalue weighted by atomic mass is 32.1. The van der Waals surface area contributed by atoms with Gasteiger partial charge in [-0.15, -0.1) is 0 Å². The van der Waals surface area contributed by atoms with Crippen molar-refractivity contribution in [2.75, 3.05) is 26.4 Å². The molecule has 0 aliphatic rings. The maximum atomic E-state index is 5.55. The summed E-state index contributed by atoms with van der Waals surface area (Å²) in [7, 11) is 0. The van der Waals surface area contributed by atoms with Gasteiger partial charge in [0.2, 0.25) is 0 Å². The highest BCUT2D eigenvalue weighted by Crippen LogP contribution is 2.09. The minimum Gasteiger partial charge on any atom is -0.380 e. The fourth-order valence-corrected chi connectivity index (χ4v) is 1.68. The van der Waals surface area contributed by atoms with Gasteiger partial charge in [-0.05, 0) is 18.8 Å². The first-order chi connectivity index (χ1) is 8.02. The van der Waals surface area contributed by atoms with E-state index in [0.29, 0.717) is 16.4 Å². The summed E-state index contributed by atoms with van der Waals surface area (Å²) in [6, 6.07) is 0. The zero-order valence-electron chi connectivity index (χ0n) is 11.4. The van der Waals surface area contributed by atoms with E-state index in [4.69, 9.17) is 9.47 Å². The third-order valence-electron chi connectivity index (χ3n) is 2.36. The van der Waals surface area contributed by atoms with Crippen LogP contribution in [-0.2, 0) is 9.47 Å². The highest BCUT2D eigenvalue weighted by molar-refractivity contribution is 7.81. The van der Waals surface area contributed by atoms with Crippen LogP contribution in [0.3, 0.4) is 0 Å². The summed E-state index contributed by atoms with van der Waals surface area (Å²) < 4.78 is 11.0. The molecule has 0 aromatic heterocycles. The molecule has 0 bridgehead atoms. The van der Waals surface area contributed by atoms with E-state index in [-0.39, 0.29) is 0 Å². The normalized spacial score (nSPS) is 16.8. The van der Waals surface area contributed by atoms with Gasteiger partial charge in [0.25, 0.3) is 0 Å². The van der Waals surface area contributed by atoms with E-state index in [2.05, 4.69) is 32.2 Å². The molecule has 0 amide bonds. The zero-order valence-corrected chi connectivity index (χ0v) is 13.2. The second-order valence-corrected chi connectivity index (χ2v) is 6.67. The predicted molar refractivity (Wildman–Crippen MR) is 81.5 cm³/mol. The maximum Gasteiger partial charge on any atom is 0.0579 e. The molecule has 104 valence electrons. The van der Waals surface area contributed by atoms with Crippen LogP contribution in [0, 0.1) is 5.92 Å². The van der Waals surface area contributed by atoms with Crippen LogP contribution < -0.4 is 0 Å². The van der Waals surface area contributed by atoms with Gasteiger partial charge in [0, 0.05) is 23.7 Å².